The Morgan fingerprint density at radius 2 is 1.70 bits per heavy atom. The molecule has 9 heteroatoms. The number of carbonyl (C=O) groups excluding carboxylic acids is 2. The molecule has 2 heterocycles. The van der Waals surface area contributed by atoms with Crippen LogP contribution in [-0.4, -0.2) is 53.5 Å². The number of anilines is 1. The van der Waals surface area contributed by atoms with Gasteiger partial charge in [0.15, 0.2) is 11.0 Å². The Morgan fingerprint density at radius 3 is 2.37 bits per heavy atom. The molecule has 0 aliphatic carbocycles. The third kappa shape index (κ3) is 6.90. The van der Waals surface area contributed by atoms with Gasteiger partial charge in [0.2, 0.25) is 0 Å². The number of amidine groups is 1. The summed E-state index contributed by atoms with van der Waals surface area (Å²) in [7, 11) is 1.71. The number of hydrogen-bond donors (Lipinski definition) is 1. The number of methoxy groups -OCH3 is 1. The van der Waals surface area contributed by atoms with E-state index in [1.807, 2.05) is 61.5 Å². The van der Waals surface area contributed by atoms with Crippen molar-refractivity contribution in [1.82, 2.24) is 9.80 Å². The number of nitrogens with zero attached hydrogens (tertiary/aromatic N) is 3. The molecule has 0 bridgehead atoms. The first kappa shape index (κ1) is 30.7. The van der Waals surface area contributed by atoms with E-state index in [-0.39, 0.29) is 11.7 Å². The minimum atomic E-state index is -0.0818. The molecule has 1 fully saturated rings. The van der Waals surface area contributed by atoms with E-state index in [2.05, 4.69) is 29.3 Å². The summed E-state index contributed by atoms with van der Waals surface area (Å²) >= 11 is 3.03. The Hall–Kier alpha value is -3.79. The number of ketones is 1. The second-order valence-electron chi connectivity index (χ2n) is 10.2. The Kier molecular flexibility index (Phi) is 10.1. The first-order valence-corrected chi connectivity index (χ1v) is 16.0. The van der Waals surface area contributed by atoms with E-state index < -0.39 is 0 Å². The average Bonchev–Trinajstić information content (AvgIpc) is 3.50. The van der Waals surface area contributed by atoms with Crippen LogP contribution in [0.5, 0.6) is 0 Å². The Morgan fingerprint density at radius 1 is 0.977 bits per heavy atom. The molecule has 0 radical (unpaired) electrons. The van der Waals surface area contributed by atoms with E-state index in [9.17, 15) is 9.59 Å². The highest BCUT2D eigenvalue weighted by atomic mass is 32.2. The van der Waals surface area contributed by atoms with Crippen molar-refractivity contribution in [2.24, 2.45) is 4.99 Å². The zero-order chi connectivity index (χ0) is 30.3. The normalized spacial score (nSPS) is 17.9. The minimum Gasteiger partial charge on any atom is -0.385 e. The number of rotatable bonds is 11. The van der Waals surface area contributed by atoms with Crippen LogP contribution in [0.3, 0.4) is 0 Å². The maximum absolute atomic E-state index is 14.3. The highest BCUT2D eigenvalue weighted by molar-refractivity contribution is 8.19. The maximum atomic E-state index is 14.3. The van der Waals surface area contributed by atoms with Gasteiger partial charge in [0, 0.05) is 37.3 Å². The van der Waals surface area contributed by atoms with E-state index in [1.165, 1.54) is 11.8 Å². The van der Waals surface area contributed by atoms with E-state index >= 15 is 0 Å². The van der Waals surface area contributed by atoms with Gasteiger partial charge in [-0.05, 0) is 68.3 Å². The van der Waals surface area contributed by atoms with Crippen molar-refractivity contribution in [2.45, 2.75) is 33.7 Å². The number of aliphatic imine (C=N–C) groups is 1. The molecule has 0 spiro atoms. The van der Waals surface area contributed by atoms with Crippen LogP contribution in [0.1, 0.15) is 48.7 Å². The number of Topliss-reactive ketones (excluding diaryl/α,β-unsaturated/α-hetero) is 1. The van der Waals surface area contributed by atoms with Crippen LogP contribution in [0.25, 0.3) is 5.70 Å². The quantitative estimate of drug-likeness (QED) is 0.135. The number of carbonyl (C=O) groups is 2. The number of thioether (sulfide) groups is 2. The highest BCUT2D eigenvalue weighted by Gasteiger charge is 2.40. The highest BCUT2D eigenvalue weighted by Crippen LogP contribution is 2.51. The van der Waals surface area contributed by atoms with E-state index in [1.54, 1.807) is 42.8 Å². The molecule has 0 atom stereocenters. The van der Waals surface area contributed by atoms with Gasteiger partial charge in [-0.1, -0.05) is 72.4 Å². The summed E-state index contributed by atoms with van der Waals surface area (Å²) in [6.45, 7) is 8.10. The molecule has 2 aliphatic rings. The van der Waals surface area contributed by atoms with Crippen molar-refractivity contribution < 1.29 is 14.3 Å². The largest absolute Gasteiger partial charge is 0.385 e. The number of allylic oxidation sites excluding steroid dienone is 1. The summed E-state index contributed by atoms with van der Waals surface area (Å²) in [6, 6.07) is 25.7. The molecule has 1 amide bonds. The molecule has 2 aliphatic heterocycles. The van der Waals surface area contributed by atoms with Gasteiger partial charge in [0.1, 0.15) is 4.91 Å². The molecule has 3 aromatic rings. The fourth-order valence-electron chi connectivity index (χ4n) is 5.05. The van der Waals surface area contributed by atoms with E-state index in [4.69, 9.17) is 9.73 Å². The molecule has 0 aromatic heterocycles. The summed E-state index contributed by atoms with van der Waals surface area (Å²) < 4.78 is 5.38. The zero-order valence-corrected chi connectivity index (χ0v) is 26.6. The molecule has 1 N–H and O–H groups in total. The van der Waals surface area contributed by atoms with Crippen LogP contribution >= 0.6 is 23.5 Å². The fourth-order valence-corrected chi connectivity index (χ4v) is 7.37. The standard InChI is InChI=1S/C34H36N4O3S2/c1-5-35-28-18-17-27(23(2)39)21-29(28)36-34-38(22-25-13-8-6-9-14-25)32(40)31(43-34)33-37(19-12-20-41-4)30(24(3)42-33)26-15-10-7-11-16-26/h6-11,13-18,21,35H,5,12,19-20,22H2,1-4H3. The van der Waals surface area contributed by atoms with Gasteiger partial charge in [0.25, 0.3) is 5.91 Å². The smallest absolute Gasteiger partial charge is 0.269 e. The predicted molar refractivity (Wildman–Crippen MR) is 179 cm³/mol. The second-order valence-corrected chi connectivity index (χ2v) is 12.4. The average molecular weight is 613 g/mol. The summed E-state index contributed by atoms with van der Waals surface area (Å²) in [5.74, 6) is -0.116. The Labute approximate surface area is 262 Å². The molecule has 0 saturated carbocycles. The van der Waals surface area contributed by atoms with Crippen LogP contribution < -0.4 is 5.32 Å². The van der Waals surface area contributed by atoms with Gasteiger partial charge in [-0.3, -0.25) is 14.5 Å². The fraction of sp³-hybridized carbons (Fsp3) is 0.265. The first-order valence-electron chi connectivity index (χ1n) is 14.4. The molecule has 5 rings (SSSR count). The Bertz CT molecular complexity index is 1590. The zero-order valence-electron chi connectivity index (χ0n) is 24.9. The summed E-state index contributed by atoms with van der Waals surface area (Å²) in [5, 5.41) is 4.84. The van der Waals surface area contributed by atoms with Crippen molar-refractivity contribution in [3.63, 3.8) is 0 Å². The topological polar surface area (TPSA) is 74.2 Å². The summed E-state index contributed by atoms with van der Waals surface area (Å²) in [6.07, 6.45) is 0.814. The van der Waals surface area contributed by atoms with Crippen LogP contribution in [0, 0.1) is 0 Å². The molecule has 7 nitrogen and oxygen atoms in total. The molecule has 0 unspecified atom stereocenters. The third-order valence-electron chi connectivity index (χ3n) is 7.10. The van der Waals surface area contributed by atoms with Crippen LogP contribution in [-0.2, 0) is 16.1 Å². The number of ether oxygens (including phenoxy) is 1. The number of benzene rings is 3. The summed E-state index contributed by atoms with van der Waals surface area (Å²) in [4.78, 5) is 37.4. The summed E-state index contributed by atoms with van der Waals surface area (Å²) in [5.41, 5.74) is 5.25. The SMILES string of the molecule is CCNc1ccc(C(C)=O)cc1N=C1SC(=C2SC(C)=C(c3ccccc3)N2CCCOC)C(=O)N1Cc1ccccc1. The lowest BCUT2D eigenvalue weighted by atomic mass is 10.1. The molecule has 1 saturated heterocycles. The minimum absolute atomic E-state index is 0.0346. The number of amides is 1. The number of nitrogens with one attached hydrogen (secondary N) is 1. The van der Waals surface area contributed by atoms with Crippen LogP contribution in [0.4, 0.5) is 11.4 Å². The van der Waals surface area contributed by atoms with E-state index in [0.29, 0.717) is 47.6 Å². The van der Waals surface area contributed by atoms with E-state index in [0.717, 1.165) is 38.9 Å². The van der Waals surface area contributed by atoms with Crippen LogP contribution in [0.2, 0.25) is 0 Å². The van der Waals surface area contributed by atoms with Gasteiger partial charge in [-0.25, -0.2) is 4.99 Å². The molecule has 222 valence electrons. The maximum Gasteiger partial charge on any atom is 0.269 e. The molecular weight excluding hydrogens is 577 g/mol. The first-order chi connectivity index (χ1) is 20.9. The van der Waals surface area contributed by atoms with Crippen molar-refractivity contribution in [3.05, 3.63) is 110 Å². The van der Waals surface area contributed by atoms with Gasteiger partial charge in [-0.15, -0.1) is 0 Å². The predicted octanol–water partition coefficient (Wildman–Crippen LogP) is 7.73. The van der Waals surface area contributed by atoms with Gasteiger partial charge < -0.3 is 15.0 Å². The lowest BCUT2D eigenvalue weighted by molar-refractivity contribution is -0.122. The third-order valence-corrected chi connectivity index (χ3v) is 9.42. The van der Waals surface area contributed by atoms with Crippen molar-refractivity contribution in [3.8, 4) is 0 Å². The monoisotopic (exact) mass is 612 g/mol. The second kappa shape index (κ2) is 14.1. The van der Waals surface area contributed by atoms with Gasteiger partial charge in [-0.2, -0.15) is 0 Å². The molecule has 3 aromatic carbocycles. The van der Waals surface area contributed by atoms with Crippen LogP contribution in [0.15, 0.2) is 98.7 Å². The van der Waals surface area contributed by atoms with Crippen molar-refractivity contribution in [2.75, 3.05) is 32.1 Å². The van der Waals surface area contributed by atoms with Crippen molar-refractivity contribution in [1.29, 1.82) is 0 Å². The van der Waals surface area contributed by atoms with Gasteiger partial charge in [0.05, 0.1) is 28.6 Å². The molecule has 43 heavy (non-hydrogen) atoms. The van der Waals surface area contributed by atoms with Crippen molar-refractivity contribution >= 4 is 57.5 Å². The molecular formula is C34H36N4O3S2. The lowest BCUT2D eigenvalue weighted by Gasteiger charge is -2.24. The Balaban J connectivity index is 1.61. The number of hydrogen-bond acceptors (Lipinski definition) is 8. The van der Waals surface area contributed by atoms with Gasteiger partial charge >= 0.3 is 0 Å². The lowest BCUT2D eigenvalue weighted by Crippen LogP contribution is -2.29.